The molecular weight excluding hydrogens is 254 g/mol. The van der Waals surface area contributed by atoms with Gasteiger partial charge in [0, 0.05) is 30.0 Å². The molecule has 1 aliphatic heterocycles. The normalized spacial score (nSPS) is 23.1. The molecule has 2 unspecified atom stereocenters. The minimum Gasteiger partial charge on any atom is -0.453 e. The molecule has 5 heteroatoms. The summed E-state index contributed by atoms with van der Waals surface area (Å²) >= 11 is 0. The van der Waals surface area contributed by atoms with Crippen LogP contribution in [0.5, 0.6) is 0 Å². The van der Waals surface area contributed by atoms with E-state index in [0.717, 1.165) is 30.8 Å². The van der Waals surface area contributed by atoms with E-state index in [9.17, 15) is 4.79 Å². The fourth-order valence-corrected chi connectivity index (χ4v) is 2.47. The van der Waals surface area contributed by atoms with Gasteiger partial charge in [-0.05, 0) is 51.1 Å². The highest BCUT2D eigenvalue weighted by Gasteiger charge is 2.22. The van der Waals surface area contributed by atoms with Crippen LogP contribution in [0.25, 0.3) is 0 Å². The third-order valence-corrected chi connectivity index (χ3v) is 3.90. The van der Waals surface area contributed by atoms with Gasteiger partial charge in [0.2, 0.25) is 0 Å². The van der Waals surface area contributed by atoms with Crippen molar-refractivity contribution in [3.63, 3.8) is 0 Å². The van der Waals surface area contributed by atoms with Crippen LogP contribution < -0.4 is 10.6 Å². The molecule has 0 aromatic heterocycles. The molecule has 0 saturated carbocycles. The smallest absolute Gasteiger partial charge is 0.411 e. The van der Waals surface area contributed by atoms with Gasteiger partial charge in [-0.2, -0.15) is 0 Å². The summed E-state index contributed by atoms with van der Waals surface area (Å²) in [5, 5.41) is 6.20. The van der Waals surface area contributed by atoms with Gasteiger partial charge in [-0.3, -0.25) is 5.32 Å². The second-order valence-corrected chi connectivity index (χ2v) is 5.39. The first kappa shape index (κ1) is 14.7. The molecule has 20 heavy (non-hydrogen) atoms. The summed E-state index contributed by atoms with van der Waals surface area (Å²) in [7, 11) is 3.53. The number of ether oxygens (including phenoxy) is 1. The van der Waals surface area contributed by atoms with Gasteiger partial charge in [0.25, 0.3) is 0 Å². The number of carbonyl (C=O) groups is 1. The number of nitrogens with zero attached hydrogens (tertiary/aromatic N) is 1. The Morgan fingerprint density at radius 3 is 2.55 bits per heavy atom. The molecule has 1 heterocycles. The molecule has 0 bridgehead atoms. The van der Waals surface area contributed by atoms with E-state index in [1.54, 1.807) is 0 Å². The van der Waals surface area contributed by atoms with Crippen molar-refractivity contribution in [2.45, 2.75) is 31.8 Å². The van der Waals surface area contributed by atoms with Gasteiger partial charge in [0.1, 0.15) is 0 Å². The Labute approximate surface area is 120 Å². The molecule has 0 aliphatic carbocycles. The Bertz CT molecular complexity index is 447. The number of piperidine rings is 1. The van der Waals surface area contributed by atoms with Gasteiger partial charge in [0.15, 0.2) is 0 Å². The maximum Gasteiger partial charge on any atom is 0.411 e. The predicted molar refractivity (Wildman–Crippen MR) is 81.2 cm³/mol. The number of nitrogens with one attached hydrogen (secondary N) is 2. The molecule has 5 nitrogen and oxygen atoms in total. The lowest BCUT2D eigenvalue weighted by Crippen LogP contribution is -2.42. The molecule has 1 fully saturated rings. The van der Waals surface area contributed by atoms with E-state index < -0.39 is 6.09 Å². The van der Waals surface area contributed by atoms with E-state index in [1.165, 1.54) is 7.11 Å². The summed E-state index contributed by atoms with van der Waals surface area (Å²) in [5.74, 6) is 0. The fourth-order valence-electron chi connectivity index (χ4n) is 2.47. The van der Waals surface area contributed by atoms with Crippen LogP contribution in [0, 0.1) is 0 Å². The molecule has 2 atom stereocenters. The molecule has 0 radical (unpaired) electrons. The van der Waals surface area contributed by atoms with Crippen molar-refractivity contribution in [1.82, 2.24) is 4.90 Å². The Morgan fingerprint density at radius 2 is 1.95 bits per heavy atom. The van der Waals surface area contributed by atoms with Crippen molar-refractivity contribution in [3.8, 4) is 0 Å². The lowest BCUT2D eigenvalue weighted by Gasteiger charge is -2.35. The van der Waals surface area contributed by atoms with Gasteiger partial charge in [-0.1, -0.05) is 0 Å². The van der Waals surface area contributed by atoms with Crippen molar-refractivity contribution in [2.75, 3.05) is 31.3 Å². The SMILES string of the molecule is COC(=O)Nc1ccc(NC2CCN(C)C(C)C2)cc1. The summed E-state index contributed by atoms with van der Waals surface area (Å²) < 4.78 is 4.56. The van der Waals surface area contributed by atoms with Crippen LogP contribution in [0.15, 0.2) is 24.3 Å². The molecule has 1 saturated heterocycles. The molecule has 110 valence electrons. The zero-order chi connectivity index (χ0) is 14.5. The summed E-state index contributed by atoms with van der Waals surface area (Å²) in [6, 6.07) is 8.83. The van der Waals surface area contributed by atoms with Crippen LogP contribution >= 0.6 is 0 Å². The largest absolute Gasteiger partial charge is 0.453 e. The zero-order valence-electron chi connectivity index (χ0n) is 12.3. The van der Waals surface area contributed by atoms with Crippen molar-refractivity contribution in [2.24, 2.45) is 0 Å². The van der Waals surface area contributed by atoms with Gasteiger partial charge < -0.3 is 15.0 Å². The second kappa shape index (κ2) is 6.61. The topological polar surface area (TPSA) is 53.6 Å². The Kier molecular flexibility index (Phi) is 4.84. The van der Waals surface area contributed by atoms with Crippen LogP contribution in [0.2, 0.25) is 0 Å². The standard InChI is InChI=1S/C15H23N3O2/c1-11-10-14(8-9-18(11)2)16-12-4-6-13(7-5-12)17-15(19)20-3/h4-7,11,14,16H,8-10H2,1-3H3,(H,17,19). The Balaban J connectivity index is 1.89. The van der Waals surface area contributed by atoms with Crippen LogP contribution in [0.4, 0.5) is 16.2 Å². The number of hydrogen-bond acceptors (Lipinski definition) is 4. The minimum absolute atomic E-state index is 0.449. The summed E-state index contributed by atoms with van der Waals surface area (Å²) in [6.07, 6.45) is 1.86. The van der Waals surface area contributed by atoms with Gasteiger partial charge in [-0.25, -0.2) is 4.79 Å². The van der Waals surface area contributed by atoms with Crippen molar-refractivity contribution in [1.29, 1.82) is 0 Å². The molecule has 2 N–H and O–H groups in total. The summed E-state index contributed by atoms with van der Waals surface area (Å²) in [4.78, 5) is 13.5. The number of methoxy groups -OCH3 is 1. The number of benzene rings is 1. The number of carbonyl (C=O) groups excluding carboxylic acids is 1. The van der Waals surface area contributed by atoms with Crippen LogP contribution in [-0.2, 0) is 4.74 Å². The highest BCUT2D eigenvalue weighted by Crippen LogP contribution is 2.21. The lowest BCUT2D eigenvalue weighted by atomic mass is 9.98. The van der Waals surface area contributed by atoms with Crippen LogP contribution in [-0.4, -0.2) is 43.8 Å². The quantitative estimate of drug-likeness (QED) is 0.892. The lowest BCUT2D eigenvalue weighted by molar-refractivity contribution is 0.187. The number of rotatable bonds is 3. The summed E-state index contributed by atoms with van der Waals surface area (Å²) in [5.41, 5.74) is 1.82. The molecule has 1 aromatic carbocycles. The zero-order valence-corrected chi connectivity index (χ0v) is 12.3. The molecular formula is C15H23N3O2. The number of amides is 1. The highest BCUT2D eigenvalue weighted by molar-refractivity contribution is 5.84. The van der Waals surface area contributed by atoms with Crippen molar-refractivity contribution in [3.05, 3.63) is 24.3 Å². The average molecular weight is 277 g/mol. The predicted octanol–water partition coefficient (Wildman–Crippen LogP) is 2.76. The van der Waals surface area contributed by atoms with Gasteiger partial charge in [0.05, 0.1) is 7.11 Å². The molecule has 1 amide bonds. The van der Waals surface area contributed by atoms with E-state index in [0.29, 0.717) is 12.1 Å². The molecule has 0 spiro atoms. The number of hydrogen-bond donors (Lipinski definition) is 2. The molecule has 2 rings (SSSR count). The maximum atomic E-state index is 11.1. The molecule has 1 aromatic rings. The average Bonchev–Trinajstić information content (AvgIpc) is 2.45. The third-order valence-electron chi connectivity index (χ3n) is 3.90. The first-order valence-electron chi connectivity index (χ1n) is 7.00. The van der Waals surface area contributed by atoms with Gasteiger partial charge in [-0.15, -0.1) is 0 Å². The van der Waals surface area contributed by atoms with E-state index in [4.69, 9.17) is 0 Å². The Hall–Kier alpha value is -1.75. The van der Waals surface area contributed by atoms with Crippen molar-refractivity contribution < 1.29 is 9.53 Å². The first-order valence-corrected chi connectivity index (χ1v) is 7.00. The summed E-state index contributed by atoms with van der Waals surface area (Å²) in [6.45, 7) is 3.39. The highest BCUT2D eigenvalue weighted by atomic mass is 16.5. The Morgan fingerprint density at radius 1 is 1.30 bits per heavy atom. The molecule has 1 aliphatic rings. The van der Waals surface area contributed by atoms with E-state index in [2.05, 4.69) is 34.2 Å². The van der Waals surface area contributed by atoms with Crippen molar-refractivity contribution >= 4 is 17.5 Å². The van der Waals surface area contributed by atoms with E-state index in [1.807, 2.05) is 24.3 Å². The maximum absolute atomic E-state index is 11.1. The third kappa shape index (κ3) is 3.87. The van der Waals surface area contributed by atoms with Gasteiger partial charge >= 0.3 is 6.09 Å². The van der Waals surface area contributed by atoms with E-state index >= 15 is 0 Å². The first-order chi connectivity index (χ1) is 9.58. The minimum atomic E-state index is -0.449. The van der Waals surface area contributed by atoms with E-state index in [-0.39, 0.29) is 0 Å². The van der Waals surface area contributed by atoms with Crippen LogP contribution in [0.1, 0.15) is 19.8 Å². The monoisotopic (exact) mass is 277 g/mol. The van der Waals surface area contributed by atoms with Crippen LogP contribution in [0.3, 0.4) is 0 Å². The second-order valence-electron chi connectivity index (χ2n) is 5.39. The number of anilines is 2. The number of likely N-dealkylation sites (tertiary alicyclic amines) is 1. The fraction of sp³-hybridized carbons (Fsp3) is 0.533.